The van der Waals surface area contributed by atoms with Crippen LogP contribution < -0.4 is 4.74 Å². The third-order valence-corrected chi connectivity index (χ3v) is 6.66. The van der Waals surface area contributed by atoms with Gasteiger partial charge in [0.15, 0.2) is 22.5 Å². The van der Waals surface area contributed by atoms with Crippen LogP contribution in [0.25, 0.3) is 5.69 Å². The van der Waals surface area contributed by atoms with E-state index in [1.165, 1.54) is 17.8 Å². The Balaban J connectivity index is 1.54. The van der Waals surface area contributed by atoms with Crippen LogP contribution in [0, 0.1) is 11.7 Å². The number of benzene rings is 2. The standard InChI is InChI=1S/C24H27FN4O2S/c1-17-12-14-28(15-13-17)23(30)18(2)32-24-27-26-22(29(24)19-8-4-3-5-9-19)16-31-21-11-7-6-10-20(21)25/h3-11,17-18H,12-16H2,1-2H3. The van der Waals surface area contributed by atoms with E-state index in [1.54, 1.807) is 18.2 Å². The van der Waals surface area contributed by atoms with E-state index in [0.29, 0.717) is 16.9 Å². The third-order valence-electron chi connectivity index (χ3n) is 5.63. The summed E-state index contributed by atoms with van der Waals surface area (Å²) >= 11 is 1.38. The van der Waals surface area contributed by atoms with Gasteiger partial charge >= 0.3 is 0 Å². The molecule has 0 saturated carbocycles. The molecule has 4 rings (SSSR count). The van der Waals surface area contributed by atoms with Crippen LogP contribution in [-0.4, -0.2) is 43.9 Å². The molecule has 0 N–H and O–H groups in total. The Morgan fingerprint density at radius 1 is 1.12 bits per heavy atom. The van der Waals surface area contributed by atoms with E-state index in [2.05, 4.69) is 17.1 Å². The Kier molecular flexibility index (Phi) is 7.09. The molecule has 0 aliphatic carbocycles. The molecule has 8 heteroatoms. The summed E-state index contributed by atoms with van der Waals surface area (Å²) in [5.41, 5.74) is 0.860. The van der Waals surface area contributed by atoms with Crippen LogP contribution in [0.3, 0.4) is 0 Å². The minimum absolute atomic E-state index is 0.0513. The van der Waals surface area contributed by atoms with E-state index in [9.17, 15) is 9.18 Å². The van der Waals surface area contributed by atoms with E-state index in [-0.39, 0.29) is 23.5 Å². The second kappa shape index (κ2) is 10.2. The van der Waals surface area contributed by atoms with Crippen LogP contribution in [0.15, 0.2) is 59.8 Å². The highest BCUT2D eigenvalue weighted by Crippen LogP contribution is 2.28. The molecule has 1 unspecified atom stereocenters. The SMILES string of the molecule is CC1CCN(C(=O)C(C)Sc2nnc(COc3ccccc3F)n2-c2ccccc2)CC1. The number of carbonyl (C=O) groups is 1. The number of piperidine rings is 1. The lowest BCUT2D eigenvalue weighted by Gasteiger charge is -2.32. The molecule has 1 aromatic heterocycles. The highest BCUT2D eigenvalue weighted by Gasteiger charge is 2.27. The second-order valence-corrected chi connectivity index (χ2v) is 9.36. The van der Waals surface area contributed by atoms with E-state index in [0.717, 1.165) is 31.6 Å². The van der Waals surface area contributed by atoms with Gasteiger partial charge in [-0.1, -0.05) is 49.0 Å². The first-order valence-electron chi connectivity index (χ1n) is 10.9. The first kappa shape index (κ1) is 22.3. The van der Waals surface area contributed by atoms with Crippen molar-refractivity contribution in [2.45, 2.75) is 43.7 Å². The quantitative estimate of drug-likeness (QED) is 0.483. The summed E-state index contributed by atoms with van der Waals surface area (Å²) in [4.78, 5) is 14.9. The van der Waals surface area contributed by atoms with Crippen LogP contribution in [-0.2, 0) is 11.4 Å². The largest absolute Gasteiger partial charge is 0.483 e. The van der Waals surface area contributed by atoms with Gasteiger partial charge in [-0.2, -0.15) is 0 Å². The van der Waals surface area contributed by atoms with Crippen molar-refractivity contribution in [2.75, 3.05) is 13.1 Å². The number of amides is 1. The first-order chi connectivity index (χ1) is 15.5. The molecule has 1 fully saturated rings. The van der Waals surface area contributed by atoms with Crippen molar-refractivity contribution in [3.8, 4) is 11.4 Å². The summed E-state index contributed by atoms with van der Waals surface area (Å²) in [7, 11) is 0. The number of likely N-dealkylation sites (tertiary alicyclic amines) is 1. The number of rotatable bonds is 7. The number of para-hydroxylation sites is 2. The number of hydrogen-bond acceptors (Lipinski definition) is 5. The van der Waals surface area contributed by atoms with Gasteiger partial charge in [0.2, 0.25) is 5.91 Å². The Morgan fingerprint density at radius 2 is 1.81 bits per heavy atom. The molecule has 3 aromatic rings. The van der Waals surface area contributed by atoms with E-state index in [4.69, 9.17) is 4.74 Å². The van der Waals surface area contributed by atoms with Crippen molar-refractivity contribution in [2.24, 2.45) is 5.92 Å². The van der Waals surface area contributed by atoms with Crippen LogP contribution in [0.4, 0.5) is 4.39 Å². The topological polar surface area (TPSA) is 60.3 Å². The Labute approximate surface area is 191 Å². The van der Waals surface area contributed by atoms with Gasteiger partial charge in [0, 0.05) is 18.8 Å². The average molecular weight is 455 g/mol. The number of aromatic nitrogens is 3. The summed E-state index contributed by atoms with van der Waals surface area (Å²) in [6.45, 7) is 5.80. The molecule has 1 saturated heterocycles. The Hall–Kier alpha value is -2.87. The predicted octanol–water partition coefficient (Wildman–Crippen LogP) is 4.72. The summed E-state index contributed by atoms with van der Waals surface area (Å²) < 4.78 is 21.5. The van der Waals surface area contributed by atoms with Gasteiger partial charge in [-0.05, 0) is 49.9 Å². The van der Waals surface area contributed by atoms with Crippen LogP contribution in [0.5, 0.6) is 5.75 Å². The number of halogens is 1. The van der Waals surface area contributed by atoms with Crippen LogP contribution in [0.2, 0.25) is 0 Å². The summed E-state index contributed by atoms with van der Waals surface area (Å²) in [6.07, 6.45) is 2.09. The lowest BCUT2D eigenvalue weighted by atomic mass is 9.99. The maximum absolute atomic E-state index is 14.0. The Bertz CT molecular complexity index is 1050. The zero-order valence-electron chi connectivity index (χ0n) is 18.3. The minimum Gasteiger partial charge on any atom is -0.483 e. The molecule has 2 heterocycles. The van der Waals surface area contributed by atoms with Crippen molar-refractivity contribution in [3.05, 3.63) is 66.2 Å². The summed E-state index contributed by atoms with van der Waals surface area (Å²) in [6, 6.07) is 15.9. The van der Waals surface area contributed by atoms with Crippen LogP contribution in [0.1, 0.15) is 32.5 Å². The smallest absolute Gasteiger partial charge is 0.235 e. The molecule has 1 aliphatic heterocycles. The van der Waals surface area contributed by atoms with Gasteiger partial charge in [0.1, 0.15) is 6.61 Å². The highest BCUT2D eigenvalue weighted by atomic mass is 32.2. The van der Waals surface area contributed by atoms with Gasteiger partial charge in [0.25, 0.3) is 0 Å². The molecule has 0 bridgehead atoms. The molecule has 0 radical (unpaired) electrons. The molecule has 2 aromatic carbocycles. The number of hydrogen-bond donors (Lipinski definition) is 0. The predicted molar refractivity (Wildman–Crippen MR) is 122 cm³/mol. The lowest BCUT2D eigenvalue weighted by molar-refractivity contribution is -0.131. The maximum atomic E-state index is 14.0. The van der Waals surface area contributed by atoms with Crippen molar-refractivity contribution < 1.29 is 13.9 Å². The van der Waals surface area contributed by atoms with Gasteiger partial charge in [-0.15, -0.1) is 10.2 Å². The van der Waals surface area contributed by atoms with Crippen LogP contribution >= 0.6 is 11.8 Å². The summed E-state index contributed by atoms with van der Waals surface area (Å²) in [5, 5.41) is 8.94. The average Bonchev–Trinajstić information content (AvgIpc) is 3.21. The zero-order valence-corrected chi connectivity index (χ0v) is 19.1. The fraction of sp³-hybridized carbons (Fsp3) is 0.375. The van der Waals surface area contributed by atoms with Gasteiger partial charge < -0.3 is 9.64 Å². The second-order valence-electron chi connectivity index (χ2n) is 8.06. The minimum atomic E-state index is -0.428. The van der Waals surface area contributed by atoms with E-state index < -0.39 is 5.82 Å². The van der Waals surface area contributed by atoms with E-state index in [1.807, 2.05) is 46.7 Å². The number of nitrogens with zero attached hydrogens (tertiary/aromatic N) is 4. The summed E-state index contributed by atoms with van der Waals surface area (Å²) in [5.74, 6) is 1.05. The van der Waals surface area contributed by atoms with Crippen molar-refractivity contribution >= 4 is 17.7 Å². The Morgan fingerprint density at radius 3 is 2.53 bits per heavy atom. The number of carbonyl (C=O) groups excluding carboxylic acids is 1. The molecule has 1 amide bonds. The van der Waals surface area contributed by atoms with E-state index >= 15 is 0 Å². The fourth-order valence-corrected chi connectivity index (χ4v) is 4.68. The molecule has 168 valence electrons. The van der Waals surface area contributed by atoms with Gasteiger partial charge in [-0.25, -0.2) is 4.39 Å². The highest BCUT2D eigenvalue weighted by molar-refractivity contribution is 8.00. The number of ether oxygens (including phenoxy) is 1. The van der Waals surface area contributed by atoms with Crippen molar-refractivity contribution in [1.82, 2.24) is 19.7 Å². The van der Waals surface area contributed by atoms with Gasteiger partial charge in [0.05, 0.1) is 5.25 Å². The molecule has 1 atom stereocenters. The maximum Gasteiger partial charge on any atom is 0.235 e. The zero-order chi connectivity index (χ0) is 22.5. The van der Waals surface area contributed by atoms with Gasteiger partial charge in [-0.3, -0.25) is 9.36 Å². The van der Waals surface area contributed by atoms with Crippen molar-refractivity contribution in [3.63, 3.8) is 0 Å². The number of thioether (sulfide) groups is 1. The monoisotopic (exact) mass is 454 g/mol. The third kappa shape index (κ3) is 5.12. The molecule has 0 spiro atoms. The van der Waals surface area contributed by atoms with Crippen molar-refractivity contribution in [1.29, 1.82) is 0 Å². The normalized spacial score (nSPS) is 15.5. The molecule has 32 heavy (non-hydrogen) atoms. The molecule has 1 aliphatic rings. The lowest BCUT2D eigenvalue weighted by Crippen LogP contribution is -2.41. The molecular weight excluding hydrogens is 427 g/mol. The first-order valence-corrected chi connectivity index (χ1v) is 11.7. The molecule has 6 nitrogen and oxygen atoms in total. The molecular formula is C24H27FN4O2S. The fourth-order valence-electron chi connectivity index (χ4n) is 3.71.